The van der Waals surface area contributed by atoms with Crippen LogP contribution in [0.3, 0.4) is 0 Å². The Bertz CT molecular complexity index is 582. The third kappa shape index (κ3) is 5.42. The number of carbonyl (C=O) groups excluding carboxylic acids is 1. The van der Waals surface area contributed by atoms with E-state index >= 15 is 0 Å². The van der Waals surface area contributed by atoms with E-state index in [0.29, 0.717) is 0 Å². The zero-order chi connectivity index (χ0) is 16.0. The molecule has 0 spiro atoms. The molecule has 0 aliphatic rings. The van der Waals surface area contributed by atoms with Crippen molar-refractivity contribution in [2.24, 2.45) is 0 Å². The van der Waals surface area contributed by atoms with Gasteiger partial charge in [-0.15, -0.1) is 11.3 Å². The van der Waals surface area contributed by atoms with Crippen molar-refractivity contribution < 1.29 is 28.2 Å². The second-order valence-electron chi connectivity index (χ2n) is 4.20. The van der Waals surface area contributed by atoms with Crippen LogP contribution < -0.4 is 10.0 Å². The molecular formula is C11H16N2O6S2. The summed E-state index contributed by atoms with van der Waals surface area (Å²) in [5.74, 6) is -2.03. The molecule has 0 aliphatic carbocycles. The fourth-order valence-electron chi connectivity index (χ4n) is 1.42. The number of carboxylic acids is 1. The number of sulfonamides is 1. The van der Waals surface area contributed by atoms with Crippen molar-refractivity contribution in [1.29, 1.82) is 0 Å². The average molecular weight is 336 g/mol. The minimum Gasteiger partial charge on any atom is -0.480 e. The van der Waals surface area contributed by atoms with E-state index in [9.17, 15) is 23.1 Å². The summed E-state index contributed by atoms with van der Waals surface area (Å²) in [4.78, 5) is 22.3. The van der Waals surface area contributed by atoms with Gasteiger partial charge in [-0.25, -0.2) is 17.9 Å². The summed E-state index contributed by atoms with van der Waals surface area (Å²) in [6, 6.07) is 1.60. The van der Waals surface area contributed by atoms with Gasteiger partial charge in [0.1, 0.15) is 4.21 Å². The highest BCUT2D eigenvalue weighted by Gasteiger charge is 2.25. The number of hydrogen-bond acceptors (Lipinski definition) is 6. The molecular weight excluding hydrogens is 320 g/mol. The number of aliphatic hydroxyl groups excluding tert-OH is 1. The van der Waals surface area contributed by atoms with Crippen molar-refractivity contribution in [2.45, 2.75) is 29.7 Å². The van der Waals surface area contributed by atoms with Gasteiger partial charge in [0.05, 0.1) is 6.10 Å². The van der Waals surface area contributed by atoms with E-state index in [2.05, 4.69) is 10.0 Å². The van der Waals surface area contributed by atoms with Gasteiger partial charge in [0.2, 0.25) is 15.9 Å². The third-order valence-corrected chi connectivity index (χ3v) is 5.33. The summed E-state index contributed by atoms with van der Waals surface area (Å²) < 4.78 is 25.9. The van der Waals surface area contributed by atoms with Gasteiger partial charge in [-0.05, 0) is 18.4 Å². The van der Waals surface area contributed by atoms with Crippen molar-refractivity contribution in [1.82, 2.24) is 10.0 Å². The Hall–Kier alpha value is -1.49. The molecule has 10 heteroatoms. The van der Waals surface area contributed by atoms with Crippen LogP contribution in [-0.4, -0.2) is 49.2 Å². The lowest BCUT2D eigenvalue weighted by atomic mass is 10.2. The minimum atomic E-state index is -3.65. The van der Waals surface area contributed by atoms with Crippen molar-refractivity contribution >= 4 is 33.2 Å². The third-order valence-electron chi connectivity index (χ3n) is 2.47. The molecule has 2 unspecified atom stereocenters. The molecule has 21 heavy (non-hydrogen) atoms. The standard InChI is InChI=1S/C11H16N2O6S2/c1-7(14)10(11(16)17)13-8(15)4-5-12-21(18,19)9-3-2-6-20-9/h2-3,6-7,10,12,14H,4-5H2,1H3,(H,13,15)(H,16,17). The van der Waals surface area contributed by atoms with Crippen molar-refractivity contribution in [2.75, 3.05) is 6.54 Å². The van der Waals surface area contributed by atoms with Crippen LogP contribution in [0.4, 0.5) is 0 Å². The predicted molar refractivity (Wildman–Crippen MR) is 75.4 cm³/mol. The first-order chi connectivity index (χ1) is 9.74. The van der Waals surface area contributed by atoms with E-state index in [1.165, 1.54) is 13.0 Å². The number of hydrogen-bond donors (Lipinski definition) is 4. The molecule has 4 N–H and O–H groups in total. The monoisotopic (exact) mass is 336 g/mol. The summed E-state index contributed by atoms with van der Waals surface area (Å²) in [7, 11) is -3.65. The van der Waals surface area contributed by atoms with E-state index in [-0.39, 0.29) is 17.2 Å². The Labute approximate surface area is 125 Å². The Morgan fingerprint density at radius 3 is 2.57 bits per heavy atom. The lowest BCUT2D eigenvalue weighted by molar-refractivity contribution is -0.144. The second kappa shape index (κ2) is 7.50. The van der Waals surface area contributed by atoms with Gasteiger partial charge in [-0.2, -0.15) is 0 Å². The summed E-state index contributed by atoms with van der Waals surface area (Å²) in [6.45, 7) is 1.07. The molecule has 0 saturated heterocycles. The maximum atomic E-state index is 11.7. The minimum absolute atomic E-state index is 0.135. The summed E-state index contributed by atoms with van der Waals surface area (Å²) in [6.07, 6.45) is -1.49. The van der Waals surface area contributed by atoms with E-state index < -0.39 is 34.0 Å². The zero-order valence-electron chi connectivity index (χ0n) is 11.1. The topological polar surface area (TPSA) is 133 Å². The molecule has 0 radical (unpaired) electrons. The van der Waals surface area contributed by atoms with E-state index in [1.807, 2.05) is 0 Å². The van der Waals surface area contributed by atoms with Crippen LogP contribution in [0.15, 0.2) is 21.7 Å². The normalized spacial score (nSPS) is 14.4. The van der Waals surface area contributed by atoms with Crippen molar-refractivity contribution in [3.63, 3.8) is 0 Å². The summed E-state index contributed by atoms with van der Waals surface area (Å²) >= 11 is 1.05. The highest BCUT2D eigenvalue weighted by molar-refractivity contribution is 7.91. The first-order valence-electron chi connectivity index (χ1n) is 5.97. The molecule has 0 bridgehead atoms. The maximum Gasteiger partial charge on any atom is 0.328 e. The van der Waals surface area contributed by atoms with Gasteiger partial charge in [0.25, 0.3) is 0 Å². The zero-order valence-corrected chi connectivity index (χ0v) is 12.8. The van der Waals surface area contributed by atoms with Crippen LogP contribution >= 0.6 is 11.3 Å². The molecule has 1 aromatic heterocycles. The first kappa shape index (κ1) is 17.6. The molecule has 1 rings (SSSR count). The fraction of sp³-hybridized carbons (Fsp3) is 0.455. The van der Waals surface area contributed by atoms with Crippen molar-refractivity contribution in [3.05, 3.63) is 17.5 Å². The summed E-state index contributed by atoms with van der Waals surface area (Å²) in [5.41, 5.74) is 0. The van der Waals surface area contributed by atoms with Crippen LogP contribution in [0.25, 0.3) is 0 Å². The molecule has 2 atom stereocenters. The molecule has 0 aromatic carbocycles. The molecule has 0 fully saturated rings. The predicted octanol–water partition coefficient (Wildman–Crippen LogP) is -0.633. The van der Waals surface area contributed by atoms with Gasteiger partial charge in [-0.1, -0.05) is 6.07 Å². The molecule has 1 aromatic rings. The number of thiophene rings is 1. The lowest BCUT2D eigenvalue weighted by Crippen LogP contribution is -2.48. The quantitative estimate of drug-likeness (QED) is 0.499. The number of carbonyl (C=O) groups is 2. The lowest BCUT2D eigenvalue weighted by Gasteiger charge is -2.16. The Morgan fingerprint density at radius 1 is 1.43 bits per heavy atom. The van der Waals surface area contributed by atoms with Crippen LogP contribution in [0, 0.1) is 0 Å². The second-order valence-corrected chi connectivity index (χ2v) is 7.15. The summed E-state index contributed by atoms with van der Waals surface area (Å²) in [5, 5.41) is 21.7. The Balaban J connectivity index is 2.46. The Kier molecular flexibility index (Phi) is 6.27. The first-order valence-corrected chi connectivity index (χ1v) is 8.33. The van der Waals surface area contributed by atoms with Gasteiger partial charge in [-0.3, -0.25) is 4.79 Å². The average Bonchev–Trinajstić information content (AvgIpc) is 2.89. The Morgan fingerprint density at radius 2 is 2.10 bits per heavy atom. The number of aliphatic carboxylic acids is 1. The van der Waals surface area contributed by atoms with Gasteiger partial charge < -0.3 is 15.5 Å². The van der Waals surface area contributed by atoms with E-state index in [4.69, 9.17) is 5.11 Å². The number of amides is 1. The van der Waals surface area contributed by atoms with Crippen LogP contribution in [0.2, 0.25) is 0 Å². The highest BCUT2D eigenvalue weighted by atomic mass is 32.2. The largest absolute Gasteiger partial charge is 0.480 e. The number of carboxylic acid groups (broad SMARTS) is 1. The van der Waals surface area contributed by atoms with E-state index in [1.54, 1.807) is 11.4 Å². The highest BCUT2D eigenvalue weighted by Crippen LogP contribution is 2.14. The van der Waals surface area contributed by atoms with Crippen LogP contribution in [-0.2, 0) is 19.6 Å². The molecule has 8 nitrogen and oxygen atoms in total. The van der Waals surface area contributed by atoms with Crippen molar-refractivity contribution in [3.8, 4) is 0 Å². The maximum absolute atomic E-state index is 11.7. The molecule has 0 saturated carbocycles. The van der Waals surface area contributed by atoms with Crippen LogP contribution in [0.1, 0.15) is 13.3 Å². The molecule has 1 heterocycles. The van der Waals surface area contributed by atoms with Crippen LogP contribution in [0.5, 0.6) is 0 Å². The SMILES string of the molecule is CC(O)C(NC(=O)CCNS(=O)(=O)c1cccs1)C(=O)O. The molecule has 0 aliphatic heterocycles. The number of rotatable bonds is 8. The van der Waals surface area contributed by atoms with Gasteiger partial charge >= 0.3 is 5.97 Å². The number of aliphatic hydroxyl groups is 1. The van der Waals surface area contributed by atoms with Gasteiger partial charge in [0.15, 0.2) is 6.04 Å². The smallest absolute Gasteiger partial charge is 0.328 e. The van der Waals surface area contributed by atoms with Gasteiger partial charge in [0, 0.05) is 13.0 Å². The van der Waals surface area contributed by atoms with E-state index in [0.717, 1.165) is 11.3 Å². The number of nitrogens with one attached hydrogen (secondary N) is 2. The molecule has 118 valence electrons. The molecule has 1 amide bonds. The fourth-order valence-corrected chi connectivity index (χ4v) is 3.49.